The van der Waals surface area contributed by atoms with Crippen LogP contribution in [-0.2, 0) is 9.59 Å². The second-order valence-electron chi connectivity index (χ2n) is 8.91. The van der Waals surface area contributed by atoms with Gasteiger partial charge in [-0.25, -0.2) is 4.39 Å². The molecule has 1 atom stereocenters. The fraction of sp³-hybridized carbons (Fsp3) is 0.462. The van der Waals surface area contributed by atoms with Gasteiger partial charge >= 0.3 is 0 Å². The van der Waals surface area contributed by atoms with Crippen molar-refractivity contribution >= 4 is 23.2 Å². The Morgan fingerprint density at radius 1 is 1.03 bits per heavy atom. The number of nitrogens with one attached hydrogen (secondary N) is 1. The molecule has 0 spiro atoms. The molecular weight excluding hydrogens is 435 g/mol. The van der Waals surface area contributed by atoms with Gasteiger partial charge in [0, 0.05) is 51.3 Å². The van der Waals surface area contributed by atoms with Crippen molar-refractivity contribution in [2.75, 3.05) is 55.6 Å². The van der Waals surface area contributed by atoms with Crippen LogP contribution in [0.2, 0.25) is 0 Å². The van der Waals surface area contributed by atoms with E-state index in [-0.39, 0.29) is 36.6 Å². The average molecular weight is 469 g/mol. The summed E-state index contributed by atoms with van der Waals surface area (Å²) in [7, 11) is 0. The SMILES string of the molecule is CC1CN(C(=O)CCC(=O)NCCCN2CCN(c3ccc(F)cc3)CC2)c2ccccc2O1. The maximum absolute atomic E-state index is 13.1. The normalized spacial score (nSPS) is 18.2. The van der Waals surface area contributed by atoms with Crippen LogP contribution < -0.4 is 19.9 Å². The fourth-order valence-electron chi connectivity index (χ4n) is 4.48. The monoisotopic (exact) mass is 468 g/mol. The maximum atomic E-state index is 13.1. The summed E-state index contributed by atoms with van der Waals surface area (Å²) in [6.07, 6.45) is 1.15. The Balaban J connectivity index is 1.11. The number of para-hydroxylation sites is 2. The molecule has 0 aromatic heterocycles. The molecule has 1 N–H and O–H groups in total. The van der Waals surface area contributed by atoms with Crippen molar-refractivity contribution in [2.24, 2.45) is 0 Å². The number of carbonyl (C=O) groups excluding carboxylic acids is 2. The van der Waals surface area contributed by atoms with Crippen molar-refractivity contribution in [3.05, 3.63) is 54.3 Å². The number of anilines is 2. The third-order valence-corrected chi connectivity index (χ3v) is 6.33. The van der Waals surface area contributed by atoms with Gasteiger partial charge in [-0.3, -0.25) is 14.5 Å². The zero-order valence-corrected chi connectivity index (χ0v) is 19.7. The van der Waals surface area contributed by atoms with Crippen LogP contribution in [0.5, 0.6) is 5.75 Å². The number of carbonyl (C=O) groups is 2. The standard InChI is InChI=1S/C26H33FN4O3/c1-20-19-31(23-5-2-3-6-24(23)34-20)26(33)12-11-25(32)28-13-4-14-29-15-17-30(18-16-29)22-9-7-21(27)8-10-22/h2-3,5-10,20H,4,11-19H2,1H3,(H,28,32). The molecule has 7 nitrogen and oxygen atoms in total. The topological polar surface area (TPSA) is 65.1 Å². The van der Waals surface area contributed by atoms with Crippen molar-refractivity contribution in [2.45, 2.75) is 32.3 Å². The minimum absolute atomic E-state index is 0.0585. The van der Waals surface area contributed by atoms with E-state index in [1.54, 1.807) is 4.90 Å². The lowest BCUT2D eigenvalue weighted by atomic mass is 10.1. The molecule has 1 saturated heterocycles. The lowest BCUT2D eigenvalue weighted by molar-refractivity contribution is -0.125. The van der Waals surface area contributed by atoms with E-state index in [4.69, 9.17) is 4.74 Å². The second kappa shape index (κ2) is 11.3. The number of hydrogen-bond donors (Lipinski definition) is 1. The first-order valence-electron chi connectivity index (χ1n) is 12.1. The number of amides is 2. The van der Waals surface area contributed by atoms with Gasteiger partial charge in [-0.05, 0) is 56.3 Å². The quantitative estimate of drug-likeness (QED) is 0.604. The fourth-order valence-corrected chi connectivity index (χ4v) is 4.48. The number of ether oxygens (including phenoxy) is 1. The Labute approximate surface area is 200 Å². The van der Waals surface area contributed by atoms with Crippen LogP contribution in [0, 0.1) is 5.82 Å². The van der Waals surface area contributed by atoms with Gasteiger partial charge in [0.25, 0.3) is 0 Å². The summed E-state index contributed by atoms with van der Waals surface area (Å²) in [6, 6.07) is 14.1. The average Bonchev–Trinajstić information content (AvgIpc) is 2.85. The van der Waals surface area contributed by atoms with E-state index in [1.165, 1.54) is 12.1 Å². The van der Waals surface area contributed by atoms with Gasteiger partial charge in [-0.2, -0.15) is 0 Å². The number of halogens is 1. The zero-order valence-electron chi connectivity index (χ0n) is 19.7. The summed E-state index contributed by atoms with van der Waals surface area (Å²) in [5.74, 6) is 0.341. The summed E-state index contributed by atoms with van der Waals surface area (Å²) in [4.78, 5) is 31.4. The van der Waals surface area contributed by atoms with Crippen molar-refractivity contribution < 1.29 is 18.7 Å². The van der Waals surface area contributed by atoms with Crippen molar-refractivity contribution in [1.29, 1.82) is 0 Å². The van der Waals surface area contributed by atoms with Crippen LogP contribution in [0.3, 0.4) is 0 Å². The Hall–Kier alpha value is -3.13. The van der Waals surface area contributed by atoms with Gasteiger partial charge in [0.05, 0.1) is 12.2 Å². The molecule has 182 valence electrons. The van der Waals surface area contributed by atoms with E-state index in [0.29, 0.717) is 18.8 Å². The third kappa shape index (κ3) is 6.26. The molecular formula is C26H33FN4O3. The highest BCUT2D eigenvalue weighted by Gasteiger charge is 2.27. The van der Waals surface area contributed by atoms with Gasteiger partial charge in [0.1, 0.15) is 17.7 Å². The number of nitrogens with zero attached hydrogens (tertiary/aromatic N) is 3. The molecule has 4 rings (SSSR count). The summed E-state index contributed by atoms with van der Waals surface area (Å²) < 4.78 is 18.9. The van der Waals surface area contributed by atoms with Gasteiger partial charge in [0.2, 0.25) is 11.8 Å². The van der Waals surface area contributed by atoms with Crippen molar-refractivity contribution in [3.63, 3.8) is 0 Å². The summed E-state index contributed by atoms with van der Waals surface area (Å²) in [5, 5.41) is 2.94. The van der Waals surface area contributed by atoms with Gasteiger partial charge in [-0.1, -0.05) is 12.1 Å². The largest absolute Gasteiger partial charge is 0.487 e. The molecule has 2 heterocycles. The first kappa shape index (κ1) is 24.0. The van der Waals surface area contributed by atoms with E-state index >= 15 is 0 Å². The van der Waals surface area contributed by atoms with E-state index in [2.05, 4.69) is 15.1 Å². The molecule has 8 heteroatoms. The highest BCUT2D eigenvalue weighted by molar-refractivity contribution is 5.97. The van der Waals surface area contributed by atoms with Crippen molar-refractivity contribution in [3.8, 4) is 5.75 Å². The van der Waals surface area contributed by atoms with E-state index < -0.39 is 0 Å². The molecule has 0 radical (unpaired) electrons. The van der Waals surface area contributed by atoms with Gasteiger partial charge < -0.3 is 19.9 Å². The maximum Gasteiger partial charge on any atom is 0.227 e. The van der Waals surface area contributed by atoms with Crippen LogP contribution in [0.25, 0.3) is 0 Å². The predicted molar refractivity (Wildman–Crippen MR) is 131 cm³/mol. The van der Waals surface area contributed by atoms with E-state index in [0.717, 1.165) is 50.5 Å². The Morgan fingerprint density at radius 3 is 2.53 bits per heavy atom. The zero-order chi connectivity index (χ0) is 23.9. The first-order chi connectivity index (χ1) is 16.5. The molecule has 2 aliphatic rings. The molecule has 2 aliphatic heterocycles. The van der Waals surface area contributed by atoms with E-state index in [9.17, 15) is 14.0 Å². The number of benzene rings is 2. The minimum Gasteiger partial charge on any atom is -0.487 e. The number of fused-ring (bicyclic) bond motifs is 1. The molecule has 1 fully saturated rings. The van der Waals surface area contributed by atoms with Crippen molar-refractivity contribution in [1.82, 2.24) is 10.2 Å². The highest BCUT2D eigenvalue weighted by Crippen LogP contribution is 2.33. The molecule has 2 aromatic rings. The predicted octanol–water partition coefficient (Wildman–Crippen LogP) is 3.05. The number of piperazine rings is 1. The molecule has 2 amide bonds. The summed E-state index contributed by atoms with van der Waals surface area (Å²) >= 11 is 0. The Bertz CT molecular complexity index is 976. The van der Waals surface area contributed by atoms with Crippen LogP contribution in [0.4, 0.5) is 15.8 Å². The third-order valence-electron chi connectivity index (χ3n) is 6.33. The van der Waals surface area contributed by atoms with Crippen LogP contribution in [-0.4, -0.2) is 68.6 Å². The lowest BCUT2D eigenvalue weighted by Crippen LogP contribution is -2.47. The molecule has 0 saturated carbocycles. The van der Waals surface area contributed by atoms with Crippen LogP contribution in [0.15, 0.2) is 48.5 Å². The molecule has 2 aromatic carbocycles. The van der Waals surface area contributed by atoms with Gasteiger partial charge in [0.15, 0.2) is 0 Å². The van der Waals surface area contributed by atoms with Gasteiger partial charge in [-0.15, -0.1) is 0 Å². The van der Waals surface area contributed by atoms with Crippen LogP contribution in [0.1, 0.15) is 26.2 Å². The first-order valence-corrected chi connectivity index (χ1v) is 12.1. The van der Waals surface area contributed by atoms with Crippen LogP contribution >= 0.6 is 0 Å². The lowest BCUT2D eigenvalue weighted by Gasteiger charge is -2.36. The summed E-state index contributed by atoms with van der Waals surface area (Å²) in [6.45, 7) is 7.64. The van der Waals surface area contributed by atoms with E-state index in [1.807, 2.05) is 43.3 Å². The Morgan fingerprint density at radius 2 is 1.76 bits per heavy atom. The summed E-state index contributed by atoms with van der Waals surface area (Å²) in [5.41, 5.74) is 1.82. The second-order valence-corrected chi connectivity index (χ2v) is 8.91. The number of rotatable bonds is 8. The molecule has 0 bridgehead atoms. The Kier molecular flexibility index (Phi) is 8.00. The minimum atomic E-state index is -0.213. The number of hydrogen-bond acceptors (Lipinski definition) is 5. The highest BCUT2D eigenvalue weighted by atomic mass is 19.1. The molecule has 1 unspecified atom stereocenters. The molecule has 34 heavy (non-hydrogen) atoms. The smallest absolute Gasteiger partial charge is 0.227 e. The molecule has 0 aliphatic carbocycles.